The number of aromatic amines is 1. The van der Waals surface area contributed by atoms with Gasteiger partial charge in [-0.2, -0.15) is 0 Å². The Bertz CT molecular complexity index is 1610. The maximum Gasteiger partial charge on any atom is 0.255 e. The van der Waals surface area contributed by atoms with Crippen LogP contribution in [0.2, 0.25) is 5.02 Å². The van der Waals surface area contributed by atoms with Crippen LogP contribution in [-0.4, -0.2) is 46.2 Å². The molecule has 3 atom stereocenters. The topological polar surface area (TPSA) is 94.3 Å². The molecule has 2 aliphatic rings. The molecule has 1 aromatic heterocycles. The highest BCUT2D eigenvalue weighted by Gasteiger charge is 2.49. The SMILES string of the molecule is CC(C)[C@H](NC(=O)[C@@H]1Cc2c([nH]c3ccccc23)C2c3ccccc3C(=O)N21)C(=O)NCCc1ccc(Cl)cc1. The molecule has 7 nitrogen and oxygen atoms in total. The van der Waals surface area contributed by atoms with Gasteiger partial charge in [0, 0.05) is 40.1 Å². The van der Waals surface area contributed by atoms with Gasteiger partial charge in [-0.15, -0.1) is 0 Å². The van der Waals surface area contributed by atoms with Crippen LogP contribution >= 0.6 is 11.6 Å². The Balaban J connectivity index is 1.25. The van der Waals surface area contributed by atoms with Crippen molar-refractivity contribution < 1.29 is 14.4 Å². The molecule has 4 aromatic rings. The Kier molecular flexibility index (Phi) is 6.84. The van der Waals surface area contributed by atoms with Crippen LogP contribution in [-0.2, 0) is 22.4 Å². The summed E-state index contributed by atoms with van der Waals surface area (Å²) in [5, 5.41) is 7.68. The highest BCUT2D eigenvalue weighted by molar-refractivity contribution is 6.30. The summed E-state index contributed by atoms with van der Waals surface area (Å²) in [4.78, 5) is 46.0. The number of rotatable bonds is 7. The zero-order valence-corrected chi connectivity index (χ0v) is 23.2. The number of carbonyl (C=O) groups excluding carboxylic acids is 3. The molecule has 0 fully saturated rings. The predicted molar refractivity (Wildman–Crippen MR) is 155 cm³/mol. The third-order valence-corrected chi connectivity index (χ3v) is 8.28. The van der Waals surface area contributed by atoms with Crippen molar-refractivity contribution in [2.45, 2.75) is 44.8 Å². The van der Waals surface area contributed by atoms with E-state index in [4.69, 9.17) is 11.6 Å². The second kappa shape index (κ2) is 10.5. The Morgan fingerprint density at radius 2 is 1.75 bits per heavy atom. The number of carbonyl (C=O) groups is 3. The third kappa shape index (κ3) is 4.54. The first-order chi connectivity index (χ1) is 19.3. The Morgan fingerprint density at radius 3 is 2.52 bits per heavy atom. The fourth-order valence-corrected chi connectivity index (χ4v) is 6.14. The van der Waals surface area contributed by atoms with E-state index in [1.807, 2.05) is 86.6 Å². The van der Waals surface area contributed by atoms with Crippen molar-refractivity contribution >= 4 is 40.2 Å². The van der Waals surface area contributed by atoms with Crippen molar-refractivity contribution in [1.29, 1.82) is 0 Å². The molecule has 0 radical (unpaired) electrons. The Morgan fingerprint density at radius 1 is 1.02 bits per heavy atom. The maximum absolute atomic E-state index is 13.9. The summed E-state index contributed by atoms with van der Waals surface area (Å²) in [5.41, 5.74) is 5.52. The molecule has 3 amide bonds. The summed E-state index contributed by atoms with van der Waals surface area (Å²) in [5.74, 6) is -0.880. The average molecular weight is 555 g/mol. The molecule has 8 heteroatoms. The van der Waals surface area contributed by atoms with Gasteiger partial charge < -0.3 is 20.5 Å². The van der Waals surface area contributed by atoms with Gasteiger partial charge in [0.25, 0.3) is 5.91 Å². The number of H-pyrrole nitrogens is 1. The van der Waals surface area contributed by atoms with Crippen molar-refractivity contribution in [3.63, 3.8) is 0 Å². The van der Waals surface area contributed by atoms with Crippen molar-refractivity contribution in [1.82, 2.24) is 20.5 Å². The van der Waals surface area contributed by atoms with Crippen molar-refractivity contribution in [3.8, 4) is 0 Å². The molecule has 0 bridgehead atoms. The molecule has 2 aliphatic heterocycles. The minimum Gasteiger partial charge on any atom is -0.356 e. The second-order valence-electron chi connectivity index (χ2n) is 10.9. The van der Waals surface area contributed by atoms with Crippen molar-refractivity contribution in [2.24, 2.45) is 5.92 Å². The van der Waals surface area contributed by atoms with E-state index in [0.29, 0.717) is 30.0 Å². The molecule has 3 N–H and O–H groups in total. The van der Waals surface area contributed by atoms with Crippen LogP contribution in [0.1, 0.15) is 52.6 Å². The van der Waals surface area contributed by atoms with E-state index in [0.717, 1.165) is 33.3 Å². The molecule has 0 spiro atoms. The molecule has 6 rings (SSSR count). The number of aromatic nitrogens is 1. The first kappa shape index (κ1) is 26.1. The average Bonchev–Trinajstić information content (AvgIpc) is 3.47. The van der Waals surface area contributed by atoms with E-state index in [2.05, 4.69) is 15.6 Å². The number of hydrogen-bond acceptors (Lipinski definition) is 3. The number of para-hydroxylation sites is 1. The van der Waals surface area contributed by atoms with E-state index in [1.54, 1.807) is 4.90 Å². The maximum atomic E-state index is 13.9. The molecule has 3 heterocycles. The number of nitrogens with zero attached hydrogens (tertiary/aromatic N) is 1. The normalized spacial score (nSPS) is 18.3. The van der Waals surface area contributed by atoms with Gasteiger partial charge in [0.05, 0.1) is 6.04 Å². The molecular weight excluding hydrogens is 524 g/mol. The Labute approximate surface area is 237 Å². The van der Waals surface area contributed by atoms with Gasteiger partial charge in [-0.1, -0.05) is 74.0 Å². The molecule has 40 heavy (non-hydrogen) atoms. The van der Waals surface area contributed by atoms with E-state index >= 15 is 0 Å². The number of nitrogens with one attached hydrogen (secondary N) is 3. The van der Waals surface area contributed by atoms with Gasteiger partial charge in [-0.05, 0) is 53.3 Å². The van der Waals surface area contributed by atoms with Crippen LogP contribution < -0.4 is 10.6 Å². The monoisotopic (exact) mass is 554 g/mol. The van der Waals surface area contributed by atoms with Gasteiger partial charge in [0.15, 0.2) is 0 Å². The highest BCUT2D eigenvalue weighted by atomic mass is 35.5. The zero-order chi connectivity index (χ0) is 28.0. The lowest BCUT2D eigenvalue weighted by molar-refractivity contribution is -0.132. The van der Waals surface area contributed by atoms with E-state index in [1.165, 1.54) is 0 Å². The molecule has 0 saturated heterocycles. The number of benzene rings is 3. The third-order valence-electron chi connectivity index (χ3n) is 8.03. The first-order valence-corrected chi connectivity index (χ1v) is 14.0. The fourth-order valence-electron chi connectivity index (χ4n) is 6.01. The quantitative estimate of drug-likeness (QED) is 0.306. The number of amides is 3. The van der Waals surface area contributed by atoms with E-state index < -0.39 is 12.1 Å². The van der Waals surface area contributed by atoms with Gasteiger partial charge in [0.2, 0.25) is 11.8 Å². The Hall–Kier alpha value is -4.10. The van der Waals surface area contributed by atoms with E-state index in [-0.39, 0.29) is 29.7 Å². The number of fused-ring (bicyclic) bond motifs is 7. The van der Waals surface area contributed by atoms with Crippen LogP contribution in [0.5, 0.6) is 0 Å². The molecule has 1 unspecified atom stereocenters. The fraction of sp³-hybridized carbons (Fsp3) is 0.281. The van der Waals surface area contributed by atoms with Crippen LogP contribution in [0, 0.1) is 5.92 Å². The summed E-state index contributed by atoms with van der Waals surface area (Å²) in [7, 11) is 0. The van der Waals surface area contributed by atoms with Crippen LogP contribution in [0.4, 0.5) is 0 Å². The van der Waals surface area contributed by atoms with E-state index in [9.17, 15) is 14.4 Å². The lowest BCUT2D eigenvalue weighted by atomic mass is 9.89. The lowest BCUT2D eigenvalue weighted by Gasteiger charge is -2.38. The minimum absolute atomic E-state index is 0.144. The zero-order valence-electron chi connectivity index (χ0n) is 22.4. The van der Waals surface area contributed by atoms with Crippen LogP contribution in [0.25, 0.3) is 10.9 Å². The lowest BCUT2D eigenvalue weighted by Crippen LogP contribution is -2.57. The molecule has 0 saturated carbocycles. The molecule has 204 valence electrons. The number of halogens is 1. The molecule has 3 aromatic carbocycles. The molecular formula is C32H31ClN4O3. The van der Waals surface area contributed by atoms with Gasteiger partial charge in [-0.3, -0.25) is 14.4 Å². The largest absolute Gasteiger partial charge is 0.356 e. The summed E-state index contributed by atoms with van der Waals surface area (Å²) < 4.78 is 0. The summed E-state index contributed by atoms with van der Waals surface area (Å²) >= 11 is 5.97. The van der Waals surface area contributed by atoms with Crippen LogP contribution in [0.3, 0.4) is 0 Å². The summed E-state index contributed by atoms with van der Waals surface area (Å²) in [6.45, 7) is 4.24. The highest BCUT2D eigenvalue weighted by Crippen LogP contribution is 2.46. The number of hydrogen-bond donors (Lipinski definition) is 3. The smallest absolute Gasteiger partial charge is 0.255 e. The van der Waals surface area contributed by atoms with Crippen molar-refractivity contribution in [2.75, 3.05) is 6.54 Å². The minimum atomic E-state index is -0.750. The summed E-state index contributed by atoms with van der Waals surface area (Å²) in [6, 6.07) is 21.2. The van der Waals surface area contributed by atoms with Crippen LogP contribution in [0.15, 0.2) is 72.8 Å². The van der Waals surface area contributed by atoms with Gasteiger partial charge >= 0.3 is 0 Å². The van der Waals surface area contributed by atoms with Gasteiger partial charge in [0.1, 0.15) is 12.1 Å². The van der Waals surface area contributed by atoms with Gasteiger partial charge in [-0.25, -0.2) is 0 Å². The standard InChI is InChI=1S/C32H31ClN4O3/c1-18(2)27(31(39)34-16-15-19-11-13-20(33)14-12-19)36-30(38)26-17-24-21-7-5-6-10-25(21)35-28(24)29-22-8-3-4-9-23(22)32(40)37(26)29/h3-14,18,26-27,29,35H,15-17H2,1-2H3,(H,34,39)(H,36,38)/t26-,27-,29?/m0/s1. The molecule has 0 aliphatic carbocycles. The van der Waals surface area contributed by atoms with Crippen molar-refractivity contribution in [3.05, 3.63) is 106 Å². The first-order valence-electron chi connectivity index (χ1n) is 13.7. The predicted octanol–water partition coefficient (Wildman–Crippen LogP) is 4.79. The second-order valence-corrected chi connectivity index (χ2v) is 11.3. The summed E-state index contributed by atoms with van der Waals surface area (Å²) in [6.07, 6.45) is 1.01.